The standard InChI is InChI=1S/C14H24N2S/c1-11(8-9-17-4)16(3)10-13-6-5-7-14(15)12(13)2/h5-7,11H,8-10,15H2,1-4H3. The van der Waals surface area contributed by atoms with Crippen molar-refractivity contribution in [2.45, 2.75) is 32.9 Å². The fourth-order valence-corrected chi connectivity index (χ4v) is 2.38. The molecular weight excluding hydrogens is 228 g/mol. The van der Waals surface area contributed by atoms with Crippen molar-refractivity contribution in [1.29, 1.82) is 0 Å². The number of nitrogens with zero attached hydrogens (tertiary/aromatic N) is 1. The Labute approximate surface area is 110 Å². The molecule has 0 saturated carbocycles. The number of nitrogen functional groups attached to an aromatic ring is 1. The maximum atomic E-state index is 5.93. The van der Waals surface area contributed by atoms with Gasteiger partial charge in [-0.2, -0.15) is 11.8 Å². The Morgan fingerprint density at radius 3 is 2.76 bits per heavy atom. The van der Waals surface area contributed by atoms with E-state index < -0.39 is 0 Å². The highest BCUT2D eigenvalue weighted by Crippen LogP contribution is 2.18. The predicted molar refractivity (Wildman–Crippen MR) is 79.5 cm³/mol. The summed E-state index contributed by atoms with van der Waals surface area (Å²) in [7, 11) is 2.19. The second-order valence-corrected chi connectivity index (χ2v) is 5.66. The lowest BCUT2D eigenvalue weighted by atomic mass is 10.1. The summed E-state index contributed by atoms with van der Waals surface area (Å²) in [5.74, 6) is 1.22. The summed E-state index contributed by atoms with van der Waals surface area (Å²) in [5.41, 5.74) is 9.38. The van der Waals surface area contributed by atoms with Crippen LogP contribution in [0.5, 0.6) is 0 Å². The van der Waals surface area contributed by atoms with E-state index in [1.54, 1.807) is 0 Å². The average molecular weight is 252 g/mol. The third kappa shape index (κ3) is 4.25. The first-order chi connectivity index (χ1) is 8.06. The van der Waals surface area contributed by atoms with Crippen molar-refractivity contribution in [3.05, 3.63) is 29.3 Å². The largest absolute Gasteiger partial charge is 0.399 e. The summed E-state index contributed by atoms with van der Waals surface area (Å²) < 4.78 is 0. The molecule has 0 amide bonds. The molecule has 2 nitrogen and oxygen atoms in total. The Bertz CT molecular complexity index is 352. The van der Waals surface area contributed by atoms with Crippen molar-refractivity contribution in [3.63, 3.8) is 0 Å². The van der Waals surface area contributed by atoms with Crippen LogP contribution in [0.2, 0.25) is 0 Å². The molecule has 1 aromatic rings. The molecule has 1 rings (SSSR count). The van der Waals surface area contributed by atoms with Crippen LogP contribution in [0.3, 0.4) is 0 Å². The Morgan fingerprint density at radius 1 is 1.41 bits per heavy atom. The highest BCUT2D eigenvalue weighted by Gasteiger charge is 2.11. The van der Waals surface area contributed by atoms with E-state index in [0.717, 1.165) is 12.2 Å². The molecule has 0 heterocycles. The van der Waals surface area contributed by atoms with E-state index in [1.807, 2.05) is 23.9 Å². The summed E-state index contributed by atoms with van der Waals surface area (Å²) in [5, 5.41) is 0. The minimum absolute atomic E-state index is 0.614. The minimum Gasteiger partial charge on any atom is -0.399 e. The van der Waals surface area contributed by atoms with E-state index >= 15 is 0 Å². The van der Waals surface area contributed by atoms with E-state index in [9.17, 15) is 0 Å². The fraction of sp³-hybridized carbons (Fsp3) is 0.571. The molecule has 0 aromatic heterocycles. The van der Waals surface area contributed by atoms with E-state index in [0.29, 0.717) is 6.04 Å². The summed E-state index contributed by atoms with van der Waals surface area (Å²) >= 11 is 1.91. The zero-order chi connectivity index (χ0) is 12.8. The molecule has 3 heteroatoms. The van der Waals surface area contributed by atoms with Gasteiger partial charge in [0.2, 0.25) is 0 Å². The van der Waals surface area contributed by atoms with Gasteiger partial charge in [0.25, 0.3) is 0 Å². The lowest BCUT2D eigenvalue weighted by Gasteiger charge is -2.25. The van der Waals surface area contributed by atoms with E-state index in [4.69, 9.17) is 5.73 Å². The number of hydrogen-bond donors (Lipinski definition) is 1. The maximum Gasteiger partial charge on any atom is 0.0346 e. The van der Waals surface area contributed by atoms with Crippen LogP contribution in [0.15, 0.2) is 18.2 Å². The summed E-state index contributed by atoms with van der Waals surface area (Å²) in [6, 6.07) is 6.79. The number of anilines is 1. The van der Waals surface area contributed by atoms with Gasteiger partial charge in [-0.1, -0.05) is 12.1 Å². The second-order valence-electron chi connectivity index (χ2n) is 4.68. The molecule has 0 aliphatic rings. The zero-order valence-electron chi connectivity index (χ0n) is 11.4. The predicted octanol–water partition coefficient (Wildman–Crippen LogP) is 3.15. The van der Waals surface area contributed by atoms with E-state index in [1.165, 1.54) is 23.3 Å². The van der Waals surface area contributed by atoms with Crippen LogP contribution in [0.25, 0.3) is 0 Å². The minimum atomic E-state index is 0.614. The topological polar surface area (TPSA) is 29.3 Å². The van der Waals surface area contributed by atoms with Gasteiger partial charge in [0.05, 0.1) is 0 Å². The van der Waals surface area contributed by atoms with Gasteiger partial charge in [-0.3, -0.25) is 4.90 Å². The Balaban J connectivity index is 2.61. The number of nitrogens with two attached hydrogens (primary N) is 1. The van der Waals surface area contributed by atoms with Crippen LogP contribution < -0.4 is 5.73 Å². The summed E-state index contributed by atoms with van der Waals surface area (Å²) in [4.78, 5) is 2.40. The molecule has 0 saturated heterocycles. The molecular formula is C14H24N2S. The van der Waals surface area contributed by atoms with Crippen LogP contribution in [0, 0.1) is 6.92 Å². The molecule has 0 bridgehead atoms. The van der Waals surface area contributed by atoms with Crippen LogP contribution in [-0.2, 0) is 6.54 Å². The van der Waals surface area contributed by atoms with Gasteiger partial charge in [0.1, 0.15) is 0 Å². The summed E-state index contributed by atoms with van der Waals surface area (Å²) in [6.45, 7) is 5.37. The van der Waals surface area contributed by atoms with Crippen LogP contribution in [0.4, 0.5) is 5.69 Å². The van der Waals surface area contributed by atoms with Crippen molar-refractivity contribution in [1.82, 2.24) is 4.90 Å². The van der Waals surface area contributed by atoms with Crippen molar-refractivity contribution >= 4 is 17.4 Å². The molecule has 17 heavy (non-hydrogen) atoms. The third-order valence-electron chi connectivity index (χ3n) is 3.40. The maximum absolute atomic E-state index is 5.93. The van der Waals surface area contributed by atoms with Crippen molar-refractivity contribution in [2.24, 2.45) is 0 Å². The van der Waals surface area contributed by atoms with Crippen molar-refractivity contribution < 1.29 is 0 Å². The molecule has 0 aliphatic carbocycles. The molecule has 0 fully saturated rings. The van der Waals surface area contributed by atoms with Gasteiger partial charge in [0, 0.05) is 18.3 Å². The van der Waals surface area contributed by atoms with Crippen molar-refractivity contribution in [3.8, 4) is 0 Å². The first-order valence-corrected chi connectivity index (χ1v) is 7.48. The van der Waals surface area contributed by atoms with E-state index in [-0.39, 0.29) is 0 Å². The molecule has 0 spiro atoms. The van der Waals surface area contributed by atoms with Gasteiger partial charge in [0.15, 0.2) is 0 Å². The van der Waals surface area contributed by atoms with Crippen molar-refractivity contribution in [2.75, 3.05) is 24.8 Å². The Hall–Kier alpha value is -0.670. The number of thioether (sulfide) groups is 1. The smallest absolute Gasteiger partial charge is 0.0346 e. The highest BCUT2D eigenvalue weighted by atomic mass is 32.2. The zero-order valence-corrected chi connectivity index (χ0v) is 12.2. The number of rotatable bonds is 6. The lowest BCUT2D eigenvalue weighted by Crippen LogP contribution is -2.29. The Morgan fingerprint density at radius 2 is 2.12 bits per heavy atom. The van der Waals surface area contributed by atoms with Crippen LogP contribution >= 0.6 is 11.8 Å². The van der Waals surface area contributed by atoms with Gasteiger partial charge in [-0.15, -0.1) is 0 Å². The lowest BCUT2D eigenvalue weighted by molar-refractivity contribution is 0.244. The highest BCUT2D eigenvalue weighted by molar-refractivity contribution is 7.98. The average Bonchev–Trinajstić information content (AvgIpc) is 2.31. The summed E-state index contributed by atoms with van der Waals surface area (Å²) in [6.07, 6.45) is 3.40. The molecule has 1 atom stereocenters. The molecule has 96 valence electrons. The SMILES string of the molecule is CSCCC(C)N(C)Cc1cccc(N)c1C. The van der Waals surface area contributed by atoms with Crippen LogP contribution in [0.1, 0.15) is 24.5 Å². The first kappa shape index (κ1) is 14.4. The van der Waals surface area contributed by atoms with Gasteiger partial charge in [-0.05, 0) is 56.5 Å². The molecule has 0 radical (unpaired) electrons. The van der Waals surface area contributed by atoms with Crippen LogP contribution in [-0.4, -0.2) is 30.0 Å². The van der Waals surface area contributed by atoms with Gasteiger partial charge >= 0.3 is 0 Å². The molecule has 2 N–H and O–H groups in total. The molecule has 0 aliphatic heterocycles. The molecule has 1 aromatic carbocycles. The third-order valence-corrected chi connectivity index (χ3v) is 4.04. The van der Waals surface area contributed by atoms with Gasteiger partial charge < -0.3 is 5.73 Å². The number of hydrogen-bond acceptors (Lipinski definition) is 3. The Kier molecular flexibility index (Phi) is 5.86. The number of benzene rings is 1. The van der Waals surface area contributed by atoms with Gasteiger partial charge in [-0.25, -0.2) is 0 Å². The van der Waals surface area contributed by atoms with E-state index in [2.05, 4.69) is 38.1 Å². The fourth-order valence-electron chi connectivity index (χ4n) is 1.81. The second kappa shape index (κ2) is 6.92. The first-order valence-electron chi connectivity index (χ1n) is 6.09. The molecule has 1 unspecified atom stereocenters. The normalized spacial score (nSPS) is 13.0. The quantitative estimate of drug-likeness (QED) is 0.789. The monoisotopic (exact) mass is 252 g/mol.